The van der Waals surface area contributed by atoms with Gasteiger partial charge in [-0.25, -0.2) is 4.98 Å². The quantitative estimate of drug-likeness (QED) is 0.528. The number of halogens is 1. The summed E-state index contributed by atoms with van der Waals surface area (Å²) in [5.74, 6) is -0.243. The van der Waals surface area contributed by atoms with Crippen molar-refractivity contribution in [3.63, 3.8) is 0 Å². The number of hydrogen-bond acceptors (Lipinski definition) is 4. The average molecular weight is 380 g/mol. The molecule has 2 N–H and O–H groups in total. The summed E-state index contributed by atoms with van der Waals surface area (Å²) < 4.78 is 5.91. The molecule has 0 aliphatic carbocycles. The largest absolute Gasteiger partial charge is 0.508 e. The summed E-state index contributed by atoms with van der Waals surface area (Å²) >= 11 is 2.03. The molecule has 2 heterocycles. The molecule has 0 bridgehead atoms. The number of benzene rings is 1. The predicted molar refractivity (Wildman–Crippen MR) is 82.8 cm³/mol. The lowest BCUT2D eigenvalue weighted by Crippen LogP contribution is -2.14. The monoisotopic (exact) mass is 380 g/mol. The van der Waals surface area contributed by atoms with Crippen molar-refractivity contribution in [2.75, 3.05) is 5.32 Å². The second-order valence-corrected chi connectivity index (χ2v) is 5.16. The van der Waals surface area contributed by atoms with Gasteiger partial charge in [-0.2, -0.15) is 0 Å². The molecule has 1 amide bonds. The first-order valence-electron chi connectivity index (χ1n) is 5.77. The van der Waals surface area contributed by atoms with Crippen LogP contribution in [0.3, 0.4) is 0 Å². The summed E-state index contributed by atoms with van der Waals surface area (Å²) in [6.07, 6.45) is 1.56. The molecule has 0 unspecified atom stereocenters. The smallest absolute Gasteiger partial charge is 0.274 e. The van der Waals surface area contributed by atoms with Crippen molar-refractivity contribution < 1.29 is 14.3 Å². The lowest BCUT2D eigenvalue weighted by molar-refractivity contribution is 0.102. The van der Waals surface area contributed by atoms with Crippen LogP contribution in [0.4, 0.5) is 5.69 Å². The molecule has 0 aliphatic rings. The van der Waals surface area contributed by atoms with Crippen LogP contribution in [0.25, 0.3) is 11.0 Å². The number of nitrogens with zero attached hydrogens (tertiary/aromatic N) is 1. The van der Waals surface area contributed by atoms with E-state index >= 15 is 0 Å². The Morgan fingerprint density at radius 3 is 2.95 bits per heavy atom. The van der Waals surface area contributed by atoms with E-state index in [1.807, 2.05) is 22.6 Å². The van der Waals surface area contributed by atoms with Gasteiger partial charge in [0.15, 0.2) is 5.58 Å². The predicted octanol–water partition coefficient (Wildman–Crippen LogP) is 3.39. The molecule has 20 heavy (non-hydrogen) atoms. The maximum Gasteiger partial charge on any atom is 0.274 e. The summed E-state index contributed by atoms with van der Waals surface area (Å²) in [5, 5.41) is 12.9. The van der Waals surface area contributed by atoms with Crippen molar-refractivity contribution in [1.82, 2.24) is 4.98 Å². The molecule has 2 aromatic heterocycles. The van der Waals surface area contributed by atoms with E-state index in [-0.39, 0.29) is 11.7 Å². The molecule has 100 valence electrons. The van der Waals surface area contributed by atoms with Gasteiger partial charge < -0.3 is 14.8 Å². The maximum absolute atomic E-state index is 12.2. The van der Waals surface area contributed by atoms with Gasteiger partial charge in [-0.3, -0.25) is 4.79 Å². The number of aromatic nitrogens is 1. The second kappa shape index (κ2) is 5.12. The highest BCUT2D eigenvalue weighted by atomic mass is 127. The zero-order chi connectivity index (χ0) is 14.1. The van der Waals surface area contributed by atoms with Gasteiger partial charge in [0.2, 0.25) is 0 Å². The Morgan fingerprint density at radius 1 is 1.30 bits per heavy atom. The minimum atomic E-state index is -0.336. The lowest BCUT2D eigenvalue weighted by atomic mass is 10.2. The molecule has 0 fully saturated rings. The first kappa shape index (κ1) is 12.9. The SMILES string of the molecule is O=C(Nc1cccc(O)c1)c1cc2ccoc2c(I)n1. The normalized spacial score (nSPS) is 10.7. The fourth-order valence-electron chi connectivity index (χ4n) is 1.83. The number of amides is 1. The Bertz CT molecular complexity index is 798. The van der Waals surface area contributed by atoms with Crippen LogP contribution in [-0.4, -0.2) is 16.0 Å². The lowest BCUT2D eigenvalue weighted by Gasteiger charge is -2.05. The number of carbonyl (C=O) groups excluding carboxylic acids is 1. The van der Waals surface area contributed by atoms with Gasteiger partial charge in [0.25, 0.3) is 5.91 Å². The third-order valence-electron chi connectivity index (χ3n) is 2.73. The van der Waals surface area contributed by atoms with Crippen LogP contribution in [-0.2, 0) is 0 Å². The molecule has 3 rings (SSSR count). The number of carbonyl (C=O) groups is 1. The summed E-state index contributed by atoms with van der Waals surface area (Å²) in [4.78, 5) is 16.4. The van der Waals surface area contributed by atoms with Crippen LogP contribution >= 0.6 is 22.6 Å². The van der Waals surface area contributed by atoms with Gasteiger partial charge in [-0.1, -0.05) is 6.07 Å². The van der Waals surface area contributed by atoms with Gasteiger partial charge >= 0.3 is 0 Å². The topological polar surface area (TPSA) is 75.4 Å². The molecule has 5 nitrogen and oxygen atoms in total. The Labute approximate surface area is 127 Å². The van der Waals surface area contributed by atoms with E-state index < -0.39 is 0 Å². The molecule has 0 spiro atoms. The first-order chi connectivity index (χ1) is 9.63. The number of pyridine rings is 1. The Morgan fingerprint density at radius 2 is 2.15 bits per heavy atom. The van der Waals surface area contributed by atoms with E-state index in [0.29, 0.717) is 20.7 Å². The highest BCUT2D eigenvalue weighted by Crippen LogP contribution is 2.22. The van der Waals surface area contributed by atoms with Gasteiger partial charge in [0, 0.05) is 17.1 Å². The van der Waals surface area contributed by atoms with Gasteiger partial charge in [-0.15, -0.1) is 0 Å². The number of phenolic OH excluding ortho intramolecular Hbond substituents is 1. The Hall–Kier alpha value is -2.09. The number of rotatable bonds is 2. The van der Waals surface area contributed by atoms with Crippen LogP contribution in [0.5, 0.6) is 5.75 Å². The molecule has 0 atom stereocenters. The maximum atomic E-state index is 12.2. The Kier molecular flexibility index (Phi) is 3.31. The van der Waals surface area contributed by atoms with E-state index in [9.17, 15) is 9.90 Å². The van der Waals surface area contributed by atoms with E-state index in [2.05, 4.69) is 10.3 Å². The zero-order valence-electron chi connectivity index (χ0n) is 10.1. The van der Waals surface area contributed by atoms with E-state index in [1.165, 1.54) is 12.1 Å². The highest BCUT2D eigenvalue weighted by molar-refractivity contribution is 14.1. The van der Waals surface area contributed by atoms with Crippen LogP contribution in [0.2, 0.25) is 0 Å². The standard InChI is InChI=1S/C14H9IN2O3/c15-13-12-8(4-5-20-12)6-11(17-13)14(19)16-9-2-1-3-10(18)7-9/h1-7,18H,(H,16,19). The molecular formula is C14H9IN2O3. The average Bonchev–Trinajstić information content (AvgIpc) is 2.87. The number of furan rings is 1. The minimum Gasteiger partial charge on any atom is -0.508 e. The highest BCUT2D eigenvalue weighted by Gasteiger charge is 2.13. The van der Waals surface area contributed by atoms with Gasteiger partial charge in [0.05, 0.1) is 6.26 Å². The summed E-state index contributed by atoms with van der Waals surface area (Å²) in [7, 11) is 0. The van der Waals surface area contributed by atoms with Gasteiger partial charge in [-0.05, 0) is 46.9 Å². The summed E-state index contributed by atoms with van der Waals surface area (Å²) in [6.45, 7) is 0. The third kappa shape index (κ3) is 2.46. The molecule has 3 aromatic rings. The fraction of sp³-hybridized carbons (Fsp3) is 0. The summed E-state index contributed by atoms with van der Waals surface area (Å²) in [5.41, 5.74) is 1.48. The van der Waals surface area contributed by atoms with Crippen LogP contribution in [0.15, 0.2) is 47.1 Å². The number of fused-ring (bicyclic) bond motifs is 1. The van der Waals surface area contributed by atoms with Crippen molar-refractivity contribution in [2.24, 2.45) is 0 Å². The number of phenols is 1. The van der Waals surface area contributed by atoms with E-state index in [1.54, 1.807) is 30.5 Å². The molecule has 1 aromatic carbocycles. The Balaban J connectivity index is 1.92. The number of anilines is 1. The van der Waals surface area contributed by atoms with Crippen molar-refractivity contribution in [1.29, 1.82) is 0 Å². The van der Waals surface area contributed by atoms with Crippen LogP contribution in [0.1, 0.15) is 10.5 Å². The minimum absolute atomic E-state index is 0.0932. The van der Waals surface area contributed by atoms with Gasteiger partial charge in [0.1, 0.15) is 15.1 Å². The van der Waals surface area contributed by atoms with Crippen LogP contribution in [0, 0.1) is 3.70 Å². The zero-order valence-corrected chi connectivity index (χ0v) is 12.3. The van der Waals surface area contributed by atoms with E-state index in [4.69, 9.17) is 4.42 Å². The van der Waals surface area contributed by atoms with Crippen molar-refractivity contribution in [2.45, 2.75) is 0 Å². The second-order valence-electron chi connectivity index (χ2n) is 4.14. The fourth-order valence-corrected chi connectivity index (χ4v) is 2.53. The van der Waals surface area contributed by atoms with Crippen LogP contribution < -0.4 is 5.32 Å². The molecule has 0 saturated heterocycles. The first-order valence-corrected chi connectivity index (χ1v) is 6.85. The number of aromatic hydroxyl groups is 1. The third-order valence-corrected chi connectivity index (χ3v) is 3.46. The molecule has 6 heteroatoms. The van der Waals surface area contributed by atoms with E-state index in [0.717, 1.165) is 5.39 Å². The molecule has 0 aliphatic heterocycles. The van der Waals surface area contributed by atoms with Crippen molar-refractivity contribution in [3.05, 3.63) is 52.1 Å². The number of hydrogen-bond donors (Lipinski definition) is 2. The molecular weight excluding hydrogens is 371 g/mol. The molecule has 0 radical (unpaired) electrons. The van der Waals surface area contributed by atoms with Crippen molar-refractivity contribution in [3.8, 4) is 5.75 Å². The molecule has 0 saturated carbocycles. The summed E-state index contributed by atoms with van der Waals surface area (Å²) in [6, 6.07) is 9.80. The van der Waals surface area contributed by atoms with Crippen molar-refractivity contribution >= 4 is 45.2 Å². The number of nitrogens with one attached hydrogen (secondary N) is 1.